The molecule has 6 heteroatoms. The summed E-state index contributed by atoms with van der Waals surface area (Å²) in [6.07, 6.45) is 4.36. The summed E-state index contributed by atoms with van der Waals surface area (Å²) in [7, 11) is 0. The number of carbonyl (C=O) groups is 2. The van der Waals surface area contributed by atoms with Crippen LogP contribution in [0.4, 0.5) is 5.69 Å². The van der Waals surface area contributed by atoms with Gasteiger partial charge in [0, 0.05) is 42.2 Å². The van der Waals surface area contributed by atoms with Gasteiger partial charge in [-0.05, 0) is 36.1 Å². The molecule has 0 radical (unpaired) electrons. The second-order valence-corrected chi connectivity index (χ2v) is 7.99. The number of rotatable bonds is 7. The minimum absolute atomic E-state index is 0.00562. The largest absolute Gasteiger partial charge is 0.472 e. The van der Waals surface area contributed by atoms with Crippen LogP contribution in [0.1, 0.15) is 16.9 Å². The average Bonchev–Trinajstić information content (AvgIpc) is 3.47. The Morgan fingerprint density at radius 3 is 2.75 bits per heavy atom. The highest BCUT2D eigenvalue weighted by Crippen LogP contribution is 2.27. The molecule has 1 saturated heterocycles. The van der Waals surface area contributed by atoms with Gasteiger partial charge in [-0.2, -0.15) is 0 Å². The minimum atomic E-state index is -0.317. The van der Waals surface area contributed by atoms with E-state index >= 15 is 0 Å². The quantitative estimate of drug-likeness (QED) is 0.609. The molecule has 0 spiro atoms. The van der Waals surface area contributed by atoms with E-state index in [1.165, 1.54) is 4.88 Å². The zero-order valence-corrected chi connectivity index (χ0v) is 16.3. The van der Waals surface area contributed by atoms with Crippen LogP contribution in [0.3, 0.4) is 0 Å². The lowest BCUT2D eigenvalue weighted by atomic mass is 10.1. The lowest BCUT2D eigenvalue weighted by Crippen LogP contribution is -2.38. The van der Waals surface area contributed by atoms with Gasteiger partial charge >= 0.3 is 0 Å². The Morgan fingerprint density at radius 2 is 2.04 bits per heavy atom. The number of thiophene rings is 1. The van der Waals surface area contributed by atoms with Gasteiger partial charge in [-0.1, -0.05) is 24.3 Å². The SMILES string of the molecule is O=C(C1CC(=O)N(c2ccccc2)C1)N(CCc1cccs1)Cc1ccoc1. The first-order chi connectivity index (χ1) is 13.7. The Bertz CT molecular complexity index is 907. The highest BCUT2D eigenvalue weighted by atomic mass is 32.1. The van der Waals surface area contributed by atoms with Gasteiger partial charge in [0.2, 0.25) is 11.8 Å². The molecule has 1 aromatic carbocycles. The molecule has 0 bridgehead atoms. The number of nitrogens with zero attached hydrogens (tertiary/aromatic N) is 2. The number of benzene rings is 1. The van der Waals surface area contributed by atoms with Gasteiger partial charge in [0.05, 0.1) is 18.4 Å². The molecule has 28 heavy (non-hydrogen) atoms. The maximum Gasteiger partial charge on any atom is 0.228 e. The van der Waals surface area contributed by atoms with Gasteiger partial charge in [-0.25, -0.2) is 0 Å². The highest BCUT2D eigenvalue weighted by molar-refractivity contribution is 7.09. The van der Waals surface area contributed by atoms with Crippen molar-refractivity contribution in [3.8, 4) is 0 Å². The molecule has 1 fully saturated rings. The third-order valence-corrected chi connectivity index (χ3v) is 5.95. The van der Waals surface area contributed by atoms with Crippen LogP contribution in [0.5, 0.6) is 0 Å². The number of hydrogen-bond acceptors (Lipinski definition) is 4. The molecule has 3 heterocycles. The van der Waals surface area contributed by atoms with E-state index in [9.17, 15) is 9.59 Å². The third kappa shape index (κ3) is 4.17. The molecule has 1 unspecified atom stereocenters. The predicted molar refractivity (Wildman–Crippen MR) is 109 cm³/mol. The fourth-order valence-electron chi connectivity index (χ4n) is 3.56. The summed E-state index contributed by atoms with van der Waals surface area (Å²) in [5, 5.41) is 2.05. The van der Waals surface area contributed by atoms with Gasteiger partial charge in [-0.15, -0.1) is 11.3 Å². The van der Waals surface area contributed by atoms with Gasteiger partial charge < -0.3 is 14.2 Å². The monoisotopic (exact) mass is 394 g/mol. The van der Waals surface area contributed by atoms with Gasteiger partial charge in [0.25, 0.3) is 0 Å². The van der Waals surface area contributed by atoms with Crippen molar-refractivity contribution in [1.82, 2.24) is 4.90 Å². The number of hydrogen-bond donors (Lipinski definition) is 0. The van der Waals surface area contributed by atoms with E-state index in [4.69, 9.17) is 4.42 Å². The fourth-order valence-corrected chi connectivity index (χ4v) is 4.26. The van der Waals surface area contributed by atoms with Crippen molar-refractivity contribution in [2.24, 2.45) is 5.92 Å². The Labute approximate surface area is 168 Å². The van der Waals surface area contributed by atoms with E-state index in [1.807, 2.05) is 52.7 Å². The number of furan rings is 1. The van der Waals surface area contributed by atoms with Crippen molar-refractivity contribution < 1.29 is 14.0 Å². The van der Waals surface area contributed by atoms with Crippen LogP contribution in [0.15, 0.2) is 70.9 Å². The van der Waals surface area contributed by atoms with Crippen molar-refractivity contribution in [3.63, 3.8) is 0 Å². The first-order valence-corrected chi connectivity index (χ1v) is 10.3. The Morgan fingerprint density at radius 1 is 1.18 bits per heavy atom. The van der Waals surface area contributed by atoms with Crippen LogP contribution in [0.25, 0.3) is 0 Å². The van der Waals surface area contributed by atoms with Crippen LogP contribution in [-0.4, -0.2) is 29.8 Å². The Kier molecular flexibility index (Phi) is 5.58. The second-order valence-electron chi connectivity index (χ2n) is 6.96. The molecule has 0 saturated carbocycles. The van der Waals surface area contributed by atoms with Crippen LogP contribution < -0.4 is 4.90 Å². The molecule has 2 aromatic heterocycles. The summed E-state index contributed by atoms with van der Waals surface area (Å²) < 4.78 is 5.16. The molecule has 0 N–H and O–H groups in total. The molecule has 0 aliphatic carbocycles. The fraction of sp³-hybridized carbons (Fsp3) is 0.273. The standard InChI is InChI=1S/C22H22N2O3S/c25-21-13-18(15-24(21)19-5-2-1-3-6-19)22(26)23(14-17-9-11-27-16-17)10-8-20-7-4-12-28-20/h1-7,9,11-12,16,18H,8,10,13-15H2. The lowest BCUT2D eigenvalue weighted by molar-refractivity contribution is -0.136. The van der Waals surface area contributed by atoms with Crippen molar-refractivity contribution >= 4 is 28.8 Å². The highest BCUT2D eigenvalue weighted by Gasteiger charge is 2.37. The molecule has 4 rings (SSSR count). The summed E-state index contributed by atoms with van der Waals surface area (Å²) in [6, 6.07) is 15.5. The summed E-state index contributed by atoms with van der Waals surface area (Å²) in [5.41, 5.74) is 1.81. The van der Waals surface area contributed by atoms with E-state index in [2.05, 4.69) is 6.07 Å². The summed E-state index contributed by atoms with van der Waals surface area (Å²) in [4.78, 5) is 30.6. The van der Waals surface area contributed by atoms with E-state index in [0.29, 0.717) is 19.6 Å². The van der Waals surface area contributed by atoms with E-state index in [0.717, 1.165) is 17.7 Å². The number of para-hydroxylation sites is 1. The Hall–Kier alpha value is -2.86. The summed E-state index contributed by atoms with van der Waals surface area (Å²) in [6.45, 7) is 1.56. The zero-order valence-electron chi connectivity index (χ0n) is 15.5. The summed E-state index contributed by atoms with van der Waals surface area (Å²) >= 11 is 1.70. The molecule has 1 atom stereocenters. The molecule has 2 amide bonds. The topological polar surface area (TPSA) is 53.8 Å². The molecule has 3 aromatic rings. The second kappa shape index (κ2) is 8.44. The predicted octanol–water partition coefficient (Wildman–Crippen LogP) is 3.97. The molecule has 5 nitrogen and oxygen atoms in total. The van der Waals surface area contributed by atoms with E-state index in [1.54, 1.807) is 28.8 Å². The maximum atomic E-state index is 13.3. The average molecular weight is 394 g/mol. The number of anilines is 1. The number of carbonyl (C=O) groups excluding carboxylic acids is 2. The molecule has 144 valence electrons. The summed E-state index contributed by atoms with van der Waals surface area (Å²) in [5.74, 6) is -0.279. The van der Waals surface area contributed by atoms with Crippen LogP contribution in [-0.2, 0) is 22.6 Å². The molecule has 1 aliphatic rings. The van der Waals surface area contributed by atoms with Crippen molar-refractivity contribution in [3.05, 3.63) is 76.9 Å². The van der Waals surface area contributed by atoms with Gasteiger partial charge in [0.15, 0.2) is 0 Å². The van der Waals surface area contributed by atoms with E-state index in [-0.39, 0.29) is 24.2 Å². The van der Waals surface area contributed by atoms with Crippen LogP contribution in [0.2, 0.25) is 0 Å². The smallest absolute Gasteiger partial charge is 0.228 e. The Balaban J connectivity index is 1.47. The third-order valence-electron chi connectivity index (χ3n) is 5.02. The van der Waals surface area contributed by atoms with Gasteiger partial charge in [0.1, 0.15) is 0 Å². The van der Waals surface area contributed by atoms with Crippen LogP contribution in [0, 0.1) is 5.92 Å². The minimum Gasteiger partial charge on any atom is -0.472 e. The van der Waals surface area contributed by atoms with Crippen molar-refractivity contribution in [2.45, 2.75) is 19.4 Å². The van der Waals surface area contributed by atoms with Crippen molar-refractivity contribution in [2.75, 3.05) is 18.0 Å². The molecular formula is C22H22N2O3S. The normalized spacial score (nSPS) is 16.5. The van der Waals surface area contributed by atoms with Crippen LogP contribution >= 0.6 is 11.3 Å². The molecule has 1 aliphatic heterocycles. The molecular weight excluding hydrogens is 372 g/mol. The first kappa shape index (κ1) is 18.5. The van der Waals surface area contributed by atoms with Crippen molar-refractivity contribution in [1.29, 1.82) is 0 Å². The first-order valence-electron chi connectivity index (χ1n) is 9.38. The van der Waals surface area contributed by atoms with Gasteiger partial charge in [-0.3, -0.25) is 9.59 Å². The lowest BCUT2D eigenvalue weighted by Gasteiger charge is -2.25. The maximum absolute atomic E-state index is 13.3. The number of amides is 2. The van der Waals surface area contributed by atoms with E-state index < -0.39 is 0 Å². The zero-order chi connectivity index (χ0) is 19.3.